The molecule has 31 heavy (non-hydrogen) atoms. The second-order valence-corrected chi connectivity index (χ2v) is 8.94. The number of nitrogens with zero attached hydrogens (tertiary/aromatic N) is 3. The molecular weight excluding hydrogens is 408 g/mol. The van der Waals surface area contributed by atoms with Gasteiger partial charge in [-0.1, -0.05) is 30.4 Å². The molecule has 4 aromatic rings. The van der Waals surface area contributed by atoms with Crippen LogP contribution in [0.15, 0.2) is 48.7 Å². The quantitative estimate of drug-likeness (QED) is 0.487. The maximum absolute atomic E-state index is 12.7. The predicted molar refractivity (Wildman–Crippen MR) is 125 cm³/mol. The van der Waals surface area contributed by atoms with Gasteiger partial charge in [-0.05, 0) is 56.3 Å². The maximum Gasteiger partial charge on any atom is 0.251 e. The molecule has 1 aliphatic heterocycles. The Kier molecular flexibility index (Phi) is 5.38. The van der Waals surface area contributed by atoms with Gasteiger partial charge in [-0.15, -0.1) is 0 Å². The van der Waals surface area contributed by atoms with Gasteiger partial charge in [0, 0.05) is 29.9 Å². The molecule has 2 aromatic heterocycles. The normalized spacial score (nSPS) is 16.9. The summed E-state index contributed by atoms with van der Waals surface area (Å²) in [6, 6.07) is 14.3. The summed E-state index contributed by atoms with van der Waals surface area (Å²) in [4.78, 5) is 20.9. The van der Waals surface area contributed by atoms with E-state index in [1.807, 2.05) is 48.7 Å². The van der Waals surface area contributed by atoms with Gasteiger partial charge >= 0.3 is 0 Å². The van der Waals surface area contributed by atoms with E-state index in [4.69, 9.17) is 9.72 Å². The van der Waals surface area contributed by atoms with Crippen molar-refractivity contribution >= 4 is 32.4 Å². The van der Waals surface area contributed by atoms with Crippen LogP contribution in [0.2, 0.25) is 0 Å². The van der Waals surface area contributed by atoms with Crippen LogP contribution in [-0.4, -0.2) is 53.0 Å². The fourth-order valence-electron chi connectivity index (χ4n) is 4.42. The summed E-state index contributed by atoms with van der Waals surface area (Å²) in [6.45, 7) is 5.07. The number of imidazole rings is 1. The molecular formula is C24H26N4O2S. The van der Waals surface area contributed by atoms with Crippen LogP contribution in [0, 0.1) is 0 Å². The lowest BCUT2D eigenvalue weighted by atomic mass is 10.1. The van der Waals surface area contributed by atoms with Gasteiger partial charge in [0.05, 0.1) is 23.0 Å². The van der Waals surface area contributed by atoms with Crippen LogP contribution in [-0.2, 0) is 0 Å². The van der Waals surface area contributed by atoms with Crippen molar-refractivity contribution in [2.75, 3.05) is 26.7 Å². The van der Waals surface area contributed by atoms with E-state index in [0.717, 1.165) is 51.7 Å². The molecule has 0 spiro atoms. The molecule has 0 aliphatic carbocycles. The molecule has 160 valence electrons. The molecule has 3 heterocycles. The highest BCUT2D eigenvalue weighted by molar-refractivity contribution is 7.23. The number of aromatic nitrogens is 2. The van der Waals surface area contributed by atoms with Crippen LogP contribution in [0.3, 0.4) is 0 Å². The number of carbonyl (C=O) groups excluding carboxylic acids is 1. The van der Waals surface area contributed by atoms with E-state index < -0.39 is 0 Å². The Bertz CT molecular complexity index is 1250. The van der Waals surface area contributed by atoms with Gasteiger partial charge in [-0.2, -0.15) is 0 Å². The number of carbonyl (C=O) groups is 1. The highest BCUT2D eigenvalue weighted by atomic mass is 32.1. The average molecular weight is 435 g/mol. The monoisotopic (exact) mass is 434 g/mol. The van der Waals surface area contributed by atoms with Crippen molar-refractivity contribution in [3.63, 3.8) is 0 Å². The molecule has 1 unspecified atom stereocenters. The first-order valence-electron chi connectivity index (χ1n) is 10.7. The lowest BCUT2D eigenvalue weighted by Gasteiger charge is -2.22. The lowest BCUT2D eigenvalue weighted by Crippen LogP contribution is -2.40. The molecule has 1 saturated heterocycles. The number of rotatable bonds is 6. The van der Waals surface area contributed by atoms with Crippen molar-refractivity contribution in [3.05, 3.63) is 54.2 Å². The third kappa shape index (κ3) is 3.79. The molecule has 0 bridgehead atoms. The first-order chi connectivity index (χ1) is 15.2. The second-order valence-electron chi connectivity index (χ2n) is 7.93. The SMILES string of the molecule is CCN1CCCC1CNC(=O)c1ccc2c(c1)sc1nc(-c3cccc(OC)c3)cn12. The standard InChI is InChI=1S/C24H26N4O2S/c1-3-27-11-5-7-18(27)14-25-23(29)17-9-10-21-22(13-17)31-24-26-20(15-28(21)24)16-6-4-8-19(12-16)30-2/h4,6,8-10,12-13,15,18H,3,5,7,11,14H2,1-2H3,(H,25,29). The molecule has 5 rings (SSSR count). The maximum atomic E-state index is 12.7. The van der Waals surface area contributed by atoms with Gasteiger partial charge in [0.1, 0.15) is 5.75 Å². The van der Waals surface area contributed by atoms with Gasteiger partial charge in [-0.3, -0.25) is 14.1 Å². The van der Waals surface area contributed by atoms with Gasteiger partial charge in [-0.25, -0.2) is 4.98 Å². The number of hydrogen-bond acceptors (Lipinski definition) is 5. The summed E-state index contributed by atoms with van der Waals surface area (Å²) in [6.07, 6.45) is 4.42. The zero-order valence-electron chi connectivity index (χ0n) is 17.8. The Morgan fingerprint density at radius 1 is 1.29 bits per heavy atom. The fraction of sp³-hybridized carbons (Fsp3) is 0.333. The number of hydrogen-bond donors (Lipinski definition) is 1. The van der Waals surface area contributed by atoms with Crippen LogP contribution < -0.4 is 10.1 Å². The number of benzene rings is 2. The Morgan fingerprint density at radius 2 is 2.19 bits per heavy atom. The summed E-state index contributed by atoms with van der Waals surface area (Å²) in [5.41, 5.74) is 3.69. The molecule has 6 nitrogen and oxygen atoms in total. The molecule has 1 aliphatic rings. The van der Waals surface area contributed by atoms with E-state index in [-0.39, 0.29) is 5.91 Å². The van der Waals surface area contributed by atoms with E-state index in [2.05, 4.69) is 21.5 Å². The van der Waals surface area contributed by atoms with E-state index in [1.165, 1.54) is 6.42 Å². The number of amides is 1. The van der Waals surface area contributed by atoms with Crippen molar-refractivity contribution in [2.45, 2.75) is 25.8 Å². The number of ether oxygens (including phenoxy) is 1. The van der Waals surface area contributed by atoms with Crippen LogP contribution >= 0.6 is 11.3 Å². The largest absolute Gasteiger partial charge is 0.497 e. The third-order valence-corrected chi connectivity index (χ3v) is 7.14. The molecule has 7 heteroatoms. The first-order valence-corrected chi connectivity index (χ1v) is 11.6. The number of fused-ring (bicyclic) bond motifs is 3. The summed E-state index contributed by atoms with van der Waals surface area (Å²) in [5.74, 6) is 0.807. The Hall–Kier alpha value is -2.90. The van der Waals surface area contributed by atoms with Gasteiger partial charge in [0.25, 0.3) is 5.91 Å². The van der Waals surface area contributed by atoms with Gasteiger partial charge in [0.2, 0.25) is 0 Å². The average Bonchev–Trinajstić information content (AvgIpc) is 3.51. The molecule has 1 amide bonds. The number of nitrogens with one attached hydrogen (secondary N) is 1. The Morgan fingerprint density at radius 3 is 3.03 bits per heavy atom. The highest BCUT2D eigenvalue weighted by Gasteiger charge is 2.23. The summed E-state index contributed by atoms with van der Waals surface area (Å²) in [7, 11) is 1.67. The molecule has 2 aromatic carbocycles. The van der Waals surface area contributed by atoms with Crippen molar-refractivity contribution in [1.82, 2.24) is 19.6 Å². The van der Waals surface area contributed by atoms with E-state index in [9.17, 15) is 4.79 Å². The lowest BCUT2D eigenvalue weighted by molar-refractivity contribution is 0.0941. The van der Waals surface area contributed by atoms with Crippen LogP contribution in [0.1, 0.15) is 30.1 Å². The zero-order chi connectivity index (χ0) is 21.4. The third-order valence-electron chi connectivity index (χ3n) is 6.13. The molecule has 1 N–H and O–H groups in total. The summed E-state index contributed by atoms with van der Waals surface area (Å²) >= 11 is 1.60. The van der Waals surface area contributed by atoms with Crippen molar-refractivity contribution in [2.24, 2.45) is 0 Å². The zero-order valence-corrected chi connectivity index (χ0v) is 18.6. The van der Waals surface area contributed by atoms with Crippen LogP contribution in [0.5, 0.6) is 5.75 Å². The molecule has 1 atom stereocenters. The minimum Gasteiger partial charge on any atom is -0.497 e. The summed E-state index contributed by atoms with van der Waals surface area (Å²) < 4.78 is 8.48. The summed E-state index contributed by atoms with van der Waals surface area (Å²) in [5, 5.41) is 3.13. The minimum absolute atomic E-state index is 0.00652. The van der Waals surface area contributed by atoms with E-state index >= 15 is 0 Å². The van der Waals surface area contributed by atoms with Crippen molar-refractivity contribution < 1.29 is 9.53 Å². The number of likely N-dealkylation sites (tertiary alicyclic amines) is 1. The van der Waals surface area contributed by atoms with E-state index in [1.54, 1.807) is 18.4 Å². The van der Waals surface area contributed by atoms with Crippen molar-refractivity contribution in [3.8, 4) is 17.0 Å². The number of likely N-dealkylation sites (N-methyl/N-ethyl adjacent to an activating group) is 1. The first kappa shape index (κ1) is 20.0. The smallest absolute Gasteiger partial charge is 0.251 e. The minimum atomic E-state index is -0.00652. The molecule has 0 radical (unpaired) electrons. The Labute approximate surface area is 185 Å². The molecule has 1 fully saturated rings. The van der Waals surface area contributed by atoms with Crippen LogP contribution in [0.25, 0.3) is 26.4 Å². The van der Waals surface area contributed by atoms with Gasteiger partial charge in [0.15, 0.2) is 4.96 Å². The Balaban J connectivity index is 1.37. The fourth-order valence-corrected chi connectivity index (χ4v) is 5.47. The van der Waals surface area contributed by atoms with Crippen LogP contribution in [0.4, 0.5) is 0 Å². The van der Waals surface area contributed by atoms with Crippen molar-refractivity contribution in [1.29, 1.82) is 0 Å². The van der Waals surface area contributed by atoms with Gasteiger partial charge < -0.3 is 10.1 Å². The number of thiazole rings is 1. The molecule has 0 saturated carbocycles. The highest BCUT2D eigenvalue weighted by Crippen LogP contribution is 2.31. The number of methoxy groups -OCH3 is 1. The topological polar surface area (TPSA) is 58.9 Å². The van der Waals surface area contributed by atoms with E-state index in [0.29, 0.717) is 18.2 Å². The second kappa shape index (κ2) is 8.32. The predicted octanol–water partition coefficient (Wildman–Crippen LogP) is 4.44.